The number of rotatable bonds is 5. The smallest absolute Gasteiger partial charge is 0.295 e. The summed E-state index contributed by atoms with van der Waals surface area (Å²) in [5, 5.41) is 21.5. The Bertz CT molecular complexity index is 921. The van der Waals surface area contributed by atoms with Gasteiger partial charge in [0.1, 0.15) is 11.6 Å². The molecule has 1 aliphatic rings. The van der Waals surface area contributed by atoms with Gasteiger partial charge in [0.2, 0.25) is 0 Å². The molecule has 1 heterocycles. The van der Waals surface area contributed by atoms with Gasteiger partial charge in [-0.3, -0.25) is 9.59 Å². The Balaban J connectivity index is 2.14. The van der Waals surface area contributed by atoms with Gasteiger partial charge in [0.25, 0.3) is 11.7 Å². The maximum Gasteiger partial charge on any atom is 0.295 e. The third-order valence-corrected chi connectivity index (χ3v) is 4.33. The first-order valence-electron chi connectivity index (χ1n) is 8.19. The number of aliphatic hydroxyl groups excluding tert-OH is 1. The van der Waals surface area contributed by atoms with E-state index in [9.17, 15) is 29.0 Å². The lowest BCUT2D eigenvalue weighted by molar-refractivity contribution is -0.305. The van der Waals surface area contributed by atoms with E-state index in [1.807, 2.05) is 0 Å². The molecule has 0 radical (unpaired) electrons. The molecular weight excluding hydrogens is 353 g/mol. The Hall–Kier alpha value is -3.48. The van der Waals surface area contributed by atoms with Gasteiger partial charge in [-0.2, -0.15) is 0 Å². The summed E-state index contributed by atoms with van der Waals surface area (Å²) in [4.78, 5) is 36.9. The predicted octanol–water partition coefficient (Wildman–Crippen LogP) is 1.39. The Morgan fingerprint density at radius 2 is 1.70 bits per heavy atom. The molecule has 1 fully saturated rings. The SMILES string of the molecule is O=C([O-])CCN1C(=O)C(=O)C(=C(O)c2ccccc2)[C@H]1c1ccc(F)cc1. The minimum Gasteiger partial charge on any atom is -0.550 e. The van der Waals surface area contributed by atoms with Crippen molar-refractivity contribution in [2.45, 2.75) is 12.5 Å². The van der Waals surface area contributed by atoms with E-state index in [1.165, 1.54) is 12.1 Å². The quantitative estimate of drug-likeness (QED) is 0.489. The minimum absolute atomic E-state index is 0.170. The molecule has 1 N–H and O–H groups in total. The van der Waals surface area contributed by atoms with Crippen LogP contribution in [0.2, 0.25) is 0 Å². The lowest BCUT2D eigenvalue weighted by atomic mass is 9.95. The van der Waals surface area contributed by atoms with Gasteiger partial charge < -0.3 is 19.9 Å². The predicted molar refractivity (Wildman–Crippen MR) is 91.5 cm³/mol. The number of carbonyl (C=O) groups is 3. The van der Waals surface area contributed by atoms with E-state index >= 15 is 0 Å². The number of ketones is 1. The Morgan fingerprint density at radius 1 is 1.07 bits per heavy atom. The first-order valence-corrected chi connectivity index (χ1v) is 8.19. The summed E-state index contributed by atoms with van der Waals surface area (Å²) >= 11 is 0. The van der Waals surface area contributed by atoms with Crippen LogP contribution in [-0.2, 0) is 14.4 Å². The largest absolute Gasteiger partial charge is 0.550 e. The normalized spacial score (nSPS) is 18.7. The average molecular weight is 368 g/mol. The summed E-state index contributed by atoms with van der Waals surface area (Å²) in [6, 6.07) is 12.3. The van der Waals surface area contributed by atoms with Crippen LogP contribution >= 0.6 is 0 Å². The summed E-state index contributed by atoms with van der Waals surface area (Å²) in [6.45, 7) is -0.277. The molecule has 2 aromatic rings. The summed E-state index contributed by atoms with van der Waals surface area (Å²) in [7, 11) is 0. The number of carboxylic acids is 1. The molecule has 0 saturated carbocycles. The van der Waals surface area contributed by atoms with Crippen LogP contribution in [0.5, 0.6) is 0 Å². The summed E-state index contributed by atoms with van der Waals surface area (Å²) < 4.78 is 13.3. The third kappa shape index (κ3) is 3.57. The van der Waals surface area contributed by atoms with Crippen LogP contribution in [0.4, 0.5) is 4.39 Å². The van der Waals surface area contributed by atoms with Crippen molar-refractivity contribution in [3.63, 3.8) is 0 Å². The number of benzene rings is 2. The van der Waals surface area contributed by atoms with Crippen LogP contribution in [0.15, 0.2) is 60.2 Å². The first kappa shape index (κ1) is 18.3. The number of aliphatic carboxylic acids is 1. The molecule has 6 nitrogen and oxygen atoms in total. The van der Waals surface area contributed by atoms with Gasteiger partial charge in [-0.15, -0.1) is 0 Å². The van der Waals surface area contributed by atoms with E-state index in [-0.39, 0.29) is 17.9 Å². The zero-order valence-corrected chi connectivity index (χ0v) is 14.1. The van der Waals surface area contributed by atoms with Crippen LogP contribution in [-0.4, -0.2) is 34.2 Å². The molecule has 0 unspecified atom stereocenters. The van der Waals surface area contributed by atoms with Crippen molar-refractivity contribution in [1.82, 2.24) is 4.90 Å². The molecule has 7 heteroatoms. The van der Waals surface area contributed by atoms with E-state index in [4.69, 9.17) is 0 Å². The number of Topliss-reactive ketones (excluding diaryl/α,β-unsaturated/α-hetero) is 1. The summed E-state index contributed by atoms with van der Waals surface area (Å²) in [5.74, 6) is -4.11. The number of nitrogens with zero attached hydrogens (tertiary/aromatic N) is 1. The van der Waals surface area contributed by atoms with Crippen molar-refractivity contribution in [3.05, 3.63) is 77.1 Å². The van der Waals surface area contributed by atoms with Gasteiger partial charge in [0.15, 0.2) is 0 Å². The molecule has 0 aromatic heterocycles. The van der Waals surface area contributed by atoms with Crippen molar-refractivity contribution < 1.29 is 29.0 Å². The van der Waals surface area contributed by atoms with E-state index in [0.717, 1.165) is 17.0 Å². The second kappa shape index (κ2) is 7.41. The van der Waals surface area contributed by atoms with Gasteiger partial charge in [-0.05, 0) is 17.7 Å². The monoisotopic (exact) mass is 368 g/mol. The Morgan fingerprint density at radius 3 is 2.30 bits per heavy atom. The van der Waals surface area contributed by atoms with Crippen LogP contribution in [0.1, 0.15) is 23.6 Å². The van der Waals surface area contributed by atoms with E-state index in [2.05, 4.69) is 0 Å². The second-order valence-corrected chi connectivity index (χ2v) is 6.03. The van der Waals surface area contributed by atoms with Crippen molar-refractivity contribution in [2.75, 3.05) is 6.54 Å². The summed E-state index contributed by atoms with van der Waals surface area (Å²) in [6.07, 6.45) is -0.476. The highest BCUT2D eigenvalue weighted by Gasteiger charge is 2.45. The molecule has 2 aromatic carbocycles. The number of hydrogen-bond donors (Lipinski definition) is 1. The number of carboxylic acid groups (broad SMARTS) is 1. The van der Waals surface area contributed by atoms with E-state index < -0.39 is 35.9 Å². The molecule has 0 aliphatic carbocycles. The fourth-order valence-corrected chi connectivity index (χ4v) is 3.07. The van der Waals surface area contributed by atoms with Gasteiger partial charge in [-0.1, -0.05) is 42.5 Å². The zero-order chi connectivity index (χ0) is 19.6. The van der Waals surface area contributed by atoms with E-state index in [0.29, 0.717) is 11.1 Å². The summed E-state index contributed by atoms with van der Waals surface area (Å²) in [5.41, 5.74) is 0.546. The van der Waals surface area contributed by atoms with Crippen LogP contribution in [0.3, 0.4) is 0 Å². The third-order valence-electron chi connectivity index (χ3n) is 4.33. The number of hydrogen-bond acceptors (Lipinski definition) is 5. The molecule has 0 spiro atoms. The molecule has 1 saturated heterocycles. The molecule has 1 amide bonds. The number of carbonyl (C=O) groups excluding carboxylic acids is 3. The number of amides is 1. The van der Waals surface area contributed by atoms with Crippen LogP contribution < -0.4 is 5.11 Å². The minimum atomic E-state index is -1.38. The molecule has 27 heavy (non-hydrogen) atoms. The highest BCUT2D eigenvalue weighted by atomic mass is 19.1. The number of halogens is 1. The van der Waals surface area contributed by atoms with Gasteiger partial charge in [0, 0.05) is 24.5 Å². The van der Waals surface area contributed by atoms with Crippen molar-refractivity contribution in [3.8, 4) is 0 Å². The maximum absolute atomic E-state index is 13.3. The maximum atomic E-state index is 13.3. The lowest BCUT2D eigenvalue weighted by Crippen LogP contribution is -2.34. The lowest BCUT2D eigenvalue weighted by Gasteiger charge is -2.25. The van der Waals surface area contributed by atoms with Gasteiger partial charge in [0.05, 0.1) is 11.6 Å². The van der Waals surface area contributed by atoms with Crippen LogP contribution in [0.25, 0.3) is 5.76 Å². The molecule has 3 rings (SSSR count). The molecule has 1 atom stereocenters. The average Bonchev–Trinajstić information content (AvgIpc) is 2.91. The van der Waals surface area contributed by atoms with Crippen molar-refractivity contribution >= 4 is 23.4 Å². The highest BCUT2D eigenvalue weighted by molar-refractivity contribution is 6.46. The molecule has 138 valence electrons. The molecule has 1 aliphatic heterocycles. The Kier molecular flexibility index (Phi) is 5.03. The highest BCUT2D eigenvalue weighted by Crippen LogP contribution is 2.39. The first-order chi connectivity index (χ1) is 12.9. The second-order valence-electron chi connectivity index (χ2n) is 6.03. The molecule has 0 bridgehead atoms. The van der Waals surface area contributed by atoms with Gasteiger partial charge in [-0.25, -0.2) is 4.39 Å². The van der Waals surface area contributed by atoms with Crippen LogP contribution in [0, 0.1) is 5.82 Å². The standard InChI is InChI=1S/C20H16FNO5/c21-14-8-6-12(7-9-14)17-16(18(25)13-4-2-1-3-5-13)19(26)20(27)22(17)11-10-15(23)24/h1-9,17,25H,10-11H2,(H,23,24)/p-1/t17-/m1/s1. The van der Waals surface area contributed by atoms with E-state index in [1.54, 1.807) is 30.3 Å². The van der Waals surface area contributed by atoms with Crippen molar-refractivity contribution in [1.29, 1.82) is 0 Å². The fourth-order valence-electron chi connectivity index (χ4n) is 3.07. The number of likely N-dealkylation sites (tertiary alicyclic amines) is 1. The van der Waals surface area contributed by atoms with Gasteiger partial charge >= 0.3 is 0 Å². The number of aliphatic hydroxyl groups is 1. The topological polar surface area (TPSA) is 97.7 Å². The fraction of sp³-hybridized carbons (Fsp3) is 0.150. The van der Waals surface area contributed by atoms with Crippen molar-refractivity contribution in [2.24, 2.45) is 0 Å². The zero-order valence-electron chi connectivity index (χ0n) is 14.1. The Labute approximate surface area is 154 Å². The molecular formula is C20H15FNO5-.